The quantitative estimate of drug-likeness (QED) is 0.261. The zero-order chi connectivity index (χ0) is 26.5. The van der Waals surface area contributed by atoms with Crippen molar-refractivity contribution in [3.05, 3.63) is 77.1 Å². The number of aliphatic carboxylic acids is 1. The zero-order valence-electron chi connectivity index (χ0n) is 22.1. The number of carboxylic acids is 1. The monoisotopic (exact) mass is 501 g/mol. The third kappa shape index (κ3) is 5.93. The van der Waals surface area contributed by atoms with Gasteiger partial charge in [-0.15, -0.1) is 0 Å². The summed E-state index contributed by atoms with van der Waals surface area (Å²) in [5.74, 6) is 0.643. The lowest BCUT2D eigenvalue weighted by Gasteiger charge is -2.27. The zero-order valence-corrected chi connectivity index (χ0v) is 22.1. The lowest BCUT2D eigenvalue weighted by atomic mass is 9.96. The molecular formula is C28H36BN5O3. The van der Waals surface area contributed by atoms with Crippen LogP contribution in [0.5, 0.6) is 0 Å². The maximum absolute atomic E-state index is 11.8. The van der Waals surface area contributed by atoms with E-state index >= 15 is 0 Å². The molecule has 4 rings (SSSR count). The molecule has 0 unspecified atom stereocenters. The molecule has 1 aromatic carbocycles. The molecule has 9 heteroatoms. The number of ether oxygens (including phenoxy) is 1. The number of nitrogens with two attached hydrogens (primary N) is 1. The molecule has 0 saturated heterocycles. The number of anilines is 1. The Kier molecular flexibility index (Phi) is 8.11. The first-order chi connectivity index (χ1) is 17.8. The molecule has 2 aromatic rings. The second-order valence-electron chi connectivity index (χ2n) is 9.78. The van der Waals surface area contributed by atoms with Crippen molar-refractivity contribution >= 4 is 36.3 Å². The summed E-state index contributed by atoms with van der Waals surface area (Å²) in [6.45, 7) is 5.53. The number of benzene rings is 1. The molecule has 8 nitrogen and oxygen atoms in total. The van der Waals surface area contributed by atoms with Gasteiger partial charge in [-0.3, -0.25) is 0 Å². The minimum absolute atomic E-state index is 0.240. The maximum atomic E-state index is 11.8. The van der Waals surface area contributed by atoms with E-state index in [1.165, 1.54) is 5.46 Å². The van der Waals surface area contributed by atoms with Crippen molar-refractivity contribution in [3.8, 4) is 0 Å². The van der Waals surface area contributed by atoms with Crippen LogP contribution in [0.3, 0.4) is 0 Å². The Labute approximate surface area is 219 Å². The number of carbonyl (C=O) groups is 1. The summed E-state index contributed by atoms with van der Waals surface area (Å²) in [4.78, 5) is 18.1. The van der Waals surface area contributed by atoms with Gasteiger partial charge < -0.3 is 30.4 Å². The molecule has 1 atom stereocenters. The van der Waals surface area contributed by atoms with Gasteiger partial charge in [0.05, 0.1) is 23.2 Å². The number of nitrogens with zero attached hydrogens (tertiary/aromatic N) is 3. The van der Waals surface area contributed by atoms with Crippen LogP contribution in [-0.2, 0) is 16.1 Å². The minimum Gasteiger partial charge on any atom is -0.479 e. The topological polar surface area (TPSA) is 106 Å². The Hall–Kier alpha value is -3.88. The molecule has 1 aromatic heterocycles. The maximum Gasteiger partial charge on any atom is 0.337 e. The van der Waals surface area contributed by atoms with Crippen molar-refractivity contribution in [3.63, 3.8) is 0 Å². The SMILES string of the molecule is Bc1ccc2nc(N)n(C[C@H](C)CCCO/C(NC)=C(/C)C3=CC(C(=O)O)=CN4C=CCCC=C34)c2c1. The van der Waals surface area contributed by atoms with E-state index in [0.717, 1.165) is 60.1 Å². The highest BCUT2D eigenvalue weighted by atomic mass is 16.5. The Morgan fingerprint density at radius 1 is 1.35 bits per heavy atom. The van der Waals surface area contributed by atoms with Crippen LogP contribution in [-0.4, -0.2) is 47.0 Å². The lowest BCUT2D eigenvalue weighted by molar-refractivity contribution is -0.132. The van der Waals surface area contributed by atoms with Gasteiger partial charge in [0.15, 0.2) is 5.88 Å². The standard InChI is InChI=1S/C28H36BN5O3/c1-18(16-34-25-15-21(29)10-11-23(25)32-28(34)30)8-7-13-37-26(31-3)19(2)22-14-20(27(35)36)17-33-12-6-4-5-9-24(22)33/h6,9-12,14-15,17-18,31H,4-5,7-8,13,16,29H2,1-3H3,(H2,30,32)(H,35,36)/b26-19-/t18-/m1/s1. The molecule has 0 radical (unpaired) electrons. The Morgan fingerprint density at radius 3 is 2.92 bits per heavy atom. The predicted octanol–water partition coefficient (Wildman–Crippen LogP) is 3.16. The van der Waals surface area contributed by atoms with Gasteiger partial charge in [0, 0.05) is 42.8 Å². The normalized spacial score (nSPS) is 16.7. The first-order valence-corrected chi connectivity index (χ1v) is 12.8. The van der Waals surface area contributed by atoms with E-state index in [0.29, 0.717) is 24.4 Å². The number of carboxylic acid groups (broad SMARTS) is 1. The van der Waals surface area contributed by atoms with Gasteiger partial charge in [-0.1, -0.05) is 30.6 Å². The van der Waals surface area contributed by atoms with Crippen LogP contribution in [0.2, 0.25) is 0 Å². The molecule has 0 spiro atoms. The highest BCUT2D eigenvalue weighted by molar-refractivity contribution is 6.33. The van der Waals surface area contributed by atoms with Crippen molar-refractivity contribution < 1.29 is 14.6 Å². The molecule has 2 aliphatic heterocycles. The summed E-state index contributed by atoms with van der Waals surface area (Å²) in [6, 6.07) is 6.20. The molecule has 0 saturated carbocycles. The summed E-state index contributed by atoms with van der Waals surface area (Å²) in [5.41, 5.74) is 12.3. The fourth-order valence-electron chi connectivity index (χ4n) is 4.83. The number of hydrogen-bond donors (Lipinski definition) is 3. The van der Waals surface area contributed by atoms with Crippen LogP contribution in [0, 0.1) is 5.92 Å². The van der Waals surface area contributed by atoms with E-state index in [1.807, 2.05) is 31.1 Å². The number of aromatic nitrogens is 2. The lowest BCUT2D eigenvalue weighted by Crippen LogP contribution is -2.21. The summed E-state index contributed by atoms with van der Waals surface area (Å²) in [5, 5.41) is 12.8. The number of rotatable bonds is 10. The molecular weight excluding hydrogens is 465 g/mol. The highest BCUT2D eigenvalue weighted by Crippen LogP contribution is 2.33. The van der Waals surface area contributed by atoms with Gasteiger partial charge in [-0.2, -0.15) is 0 Å². The highest BCUT2D eigenvalue weighted by Gasteiger charge is 2.24. The second kappa shape index (κ2) is 11.5. The summed E-state index contributed by atoms with van der Waals surface area (Å²) >= 11 is 0. The number of nitrogens with one attached hydrogen (secondary N) is 1. The van der Waals surface area contributed by atoms with E-state index in [2.05, 4.69) is 53.9 Å². The molecule has 37 heavy (non-hydrogen) atoms. The minimum atomic E-state index is -0.954. The van der Waals surface area contributed by atoms with Crippen LogP contribution >= 0.6 is 0 Å². The average molecular weight is 501 g/mol. The number of imidazole rings is 1. The largest absolute Gasteiger partial charge is 0.479 e. The van der Waals surface area contributed by atoms with Gasteiger partial charge in [0.2, 0.25) is 5.95 Å². The fraction of sp³-hybridized carbons (Fsp3) is 0.357. The summed E-state index contributed by atoms with van der Waals surface area (Å²) in [7, 11) is 3.90. The molecule has 0 aliphatic carbocycles. The summed E-state index contributed by atoms with van der Waals surface area (Å²) in [6.07, 6.45) is 13.2. The third-order valence-corrected chi connectivity index (χ3v) is 6.80. The first kappa shape index (κ1) is 26.2. The van der Waals surface area contributed by atoms with Gasteiger partial charge in [-0.05, 0) is 56.7 Å². The Bertz CT molecular complexity index is 1330. The van der Waals surface area contributed by atoms with Crippen molar-refractivity contribution in [1.82, 2.24) is 19.8 Å². The summed E-state index contributed by atoms with van der Waals surface area (Å²) < 4.78 is 8.26. The van der Waals surface area contributed by atoms with E-state index < -0.39 is 5.97 Å². The average Bonchev–Trinajstić information content (AvgIpc) is 3.03. The first-order valence-electron chi connectivity index (χ1n) is 12.8. The van der Waals surface area contributed by atoms with Gasteiger partial charge in [0.25, 0.3) is 0 Å². The number of nitrogen functional groups attached to an aromatic ring is 1. The molecule has 2 aliphatic rings. The number of fused-ring (bicyclic) bond motifs is 2. The smallest absolute Gasteiger partial charge is 0.337 e. The van der Waals surface area contributed by atoms with Crippen LogP contribution < -0.4 is 16.5 Å². The van der Waals surface area contributed by atoms with Crippen molar-refractivity contribution in [2.24, 2.45) is 5.92 Å². The second-order valence-corrected chi connectivity index (χ2v) is 9.78. The van der Waals surface area contributed by atoms with Crippen LogP contribution in [0.25, 0.3) is 11.0 Å². The van der Waals surface area contributed by atoms with Crippen molar-refractivity contribution in [1.29, 1.82) is 0 Å². The molecule has 0 fully saturated rings. The van der Waals surface area contributed by atoms with Crippen molar-refractivity contribution in [2.45, 2.75) is 46.1 Å². The van der Waals surface area contributed by atoms with E-state index in [-0.39, 0.29) is 5.57 Å². The van der Waals surface area contributed by atoms with Crippen LogP contribution in [0.1, 0.15) is 39.5 Å². The molecule has 194 valence electrons. The molecule has 0 bridgehead atoms. The molecule has 3 heterocycles. The van der Waals surface area contributed by atoms with Crippen LogP contribution in [0.4, 0.5) is 5.95 Å². The van der Waals surface area contributed by atoms with Crippen molar-refractivity contribution in [2.75, 3.05) is 19.4 Å². The van der Waals surface area contributed by atoms with Gasteiger partial charge >= 0.3 is 5.97 Å². The van der Waals surface area contributed by atoms with E-state index in [9.17, 15) is 9.90 Å². The molecule has 0 amide bonds. The third-order valence-electron chi connectivity index (χ3n) is 6.80. The Morgan fingerprint density at radius 2 is 2.16 bits per heavy atom. The number of hydrogen-bond acceptors (Lipinski definition) is 6. The van der Waals surface area contributed by atoms with Crippen LogP contribution in [0.15, 0.2) is 77.1 Å². The predicted molar refractivity (Wildman–Crippen MR) is 151 cm³/mol. The number of allylic oxidation sites excluding steroid dienone is 3. The molecule has 4 N–H and O–H groups in total. The Balaban J connectivity index is 1.41. The van der Waals surface area contributed by atoms with Gasteiger partial charge in [-0.25, -0.2) is 9.78 Å². The fourth-order valence-corrected chi connectivity index (χ4v) is 4.83. The van der Waals surface area contributed by atoms with Gasteiger partial charge in [0.1, 0.15) is 7.85 Å². The van der Waals surface area contributed by atoms with E-state index in [1.54, 1.807) is 12.3 Å². The van der Waals surface area contributed by atoms with E-state index in [4.69, 9.17) is 10.5 Å².